The second-order valence-electron chi connectivity index (χ2n) is 8.80. The number of amidine groups is 1. The van der Waals surface area contributed by atoms with Crippen molar-refractivity contribution in [3.8, 4) is 0 Å². The minimum absolute atomic E-state index is 0.0877. The number of benzene rings is 1. The lowest BCUT2D eigenvalue weighted by molar-refractivity contribution is -0.138. The van der Waals surface area contributed by atoms with Crippen LogP contribution >= 0.6 is 11.6 Å². The Morgan fingerprint density at radius 1 is 1.16 bits per heavy atom. The molecule has 0 aromatic heterocycles. The second kappa shape index (κ2) is 10.1. The maximum absolute atomic E-state index is 13.4. The fourth-order valence-corrected chi connectivity index (χ4v) is 4.83. The van der Waals surface area contributed by atoms with E-state index >= 15 is 0 Å². The molecule has 1 saturated heterocycles. The highest BCUT2D eigenvalue weighted by Gasteiger charge is 2.52. The average Bonchev–Trinajstić information content (AvgIpc) is 3.17. The number of rotatable bonds is 7. The number of aliphatic imine (C=N–C) groups is 1. The number of aliphatic hydroxyl groups is 1. The van der Waals surface area contributed by atoms with Gasteiger partial charge in [-0.3, -0.25) is 9.69 Å². The number of carbonyl (C=O) groups excluding carboxylic acids is 2. The van der Waals surface area contributed by atoms with Gasteiger partial charge in [0.15, 0.2) is 12.2 Å². The lowest BCUT2D eigenvalue weighted by atomic mass is 9.90. The zero-order chi connectivity index (χ0) is 22.7. The molecule has 174 valence electrons. The zero-order valence-electron chi connectivity index (χ0n) is 18.5. The minimum atomic E-state index is -0.659. The summed E-state index contributed by atoms with van der Waals surface area (Å²) in [5.41, 5.74) is 0.971. The summed E-state index contributed by atoms with van der Waals surface area (Å²) in [6, 6.07) is 6.83. The quantitative estimate of drug-likeness (QED) is 0.673. The van der Waals surface area contributed by atoms with Gasteiger partial charge in [-0.05, 0) is 42.9 Å². The molecule has 9 heteroatoms. The number of imide groups is 1. The predicted molar refractivity (Wildman–Crippen MR) is 121 cm³/mol. The highest BCUT2D eigenvalue weighted by atomic mass is 35.5. The standard InChI is InChI=1S/C23H31ClN4O4/c1-26-20-19(21(30)27(23(26)31)12-5-13-29)28(14-16-8-10-18(24)11-9-16)22(25-20)32-15-17-6-3-2-4-7-17/h8-11,17,19-20,29H,2-7,12-15H2,1H3. The molecule has 2 atom stereocenters. The van der Waals surface area contributed by atoms with Gasteiger partial charge in [0.2, 0.25) is 0 Å². The van der Waals surface area contributed by atoms with Crippen LogP contribution in [0.15, 0.2) is 29.3 Å². The Morgan fingerprint density at radius 2 is 1.88 bits per heavy atom. The molecule has 1 saturated carbocycles. The molecule has 2 unspecified atom stereocenters. The molecule has 32 heavy (non-hydrogen) atoms. The van der Waals surface area contributed by atoms with Crippen molar-refractivity contribution >= 4 is 29.6 Å². The second-order valence-corrected chi connectivity index (χ2v) is 9.24. The van der Waals surface area contributed by atoms with Crippen molar-refractivity contribution in [3.63, 3.8) is 0 Å². The first kappa shape index (κ1) is 22.9. The first-order chi connectivity index (χ1) is 15.5. The summed E-state index contributed by atoms with van der Waals surface area (Å²) in [6.45, 7) is 1.07. The monoisotopic (exact) mass is 462 g/mol. The molecule has 0 spiro atoms. The van der Waals surface area contributed by atoms with Crippen LogP contribution in [0.2, 0.25) is 5.02 Å². The third kappa shape index (κ3) is 4.71. The Kier molecular flexibility index (Phi) is 7.20. The molecule has 2 heterocycles. The first-order valence-corrected chi connectivity index (χ1v) is 11.8. The van der Waals surface area contributed by atoms with Crippen LogP contribution in [0.25, 0.3) is 0 Å². The average molecular weight is 463 g/mol. The molecule has 1 aromatic rings. The third-order valence-corrected chi connectivity index (χ3v) is 6.79. The molecule has 0 radical (unpaired) electrons. The molecule has 2 fully saturated rings. The number of halogens is 1. The van der Waals surface area contributed by atoms with Gasteiger partial charge < -0.3 is 19.6 Å². The van der Waals surface area contributed by atoms with Crippen LogP contribution in [0.3, 0.4) is 0 Å². The summed E-state index contributed by atoms with van der Waals surface area (Å²) in [5.74, 6) is 0.183. The van der Waals surface area contributed by atoms with Gasteiger partial charge in [-0.25, -0.2) is 9.79 Å². The van der Waals surface area contributed by atoms with Crippen molar-refractivity contribution < 1.29 is 19.4 Å². The van der Waals surface area contributed by atoms with Crippen LogP contribution in [0.1, 0.15) is 44.1 Å². The van der Waals surface area contributed by atoms with E-state index in [1.54, 1.807) is 7.05 Å². The van der Waals surface area contributed by atoms with Crippen LogP contribution < -0.4 is 0 Å². The highest BCUT2D eigenvalue weighted by molar-refractivity contribution is 6.30. The van der Waals surface area contributed by atoms with Gasteiger partial charge in [0.1, 0.15) is 0 Å². The number of hydrogen-bond donors (Lipinski definition) is 1. The number of urea groups is 1. The Labute approximate surface area is 193 Å². The molecule has 4 rings (SSSR count). The lowest BCUT2D eigenvalue weighted by Gasteiger charge is -2.41. The molecule has 1 aliphatic carbocycles. The predicted octanol–water partition coefficient (Wildman–Crippen LogP) is 3.08. The molecule has 1 N–H and O–H groups in total. The van der Waals surface area contributed by atoms with E-state index in [1.165, 1.54) is 29.1 Å². The van der Waals surface area contributed by atoms with Gasteiger partial charge in [0.05, 0.1) is 6.61 Å². The number of aliphatic hydroxyl groups excluding tert-OH is 1. The fourth-order valence-electron chi connectivity index (χ4n) is 4.71. The van der Waals surface area contributed by atoms with E-state index in [4.69, 9.17) is 16.3 Å². The summed E-state index contributed by atoms with van der Waals surface area (Å²) in [5, 5.41) is 9.84. The number of hydrogen-bond acceptors (Lipinski definition) is 6. The Morgan fingerprint density at radius 3 is 2.56 bits per heavy atom. The van der Waals surface area contributed by atoms with E-state index in [0.29, 0.717) is 36.5 Å². The summed E-state index contributed by atoms with van der Waals surface area (Å²) in [7, 11) is 1.66. The van der Waals surface area contributed by atoms with E-state index in [9.17, 15) is 14.7 Å². The number of amides is 3. The number of likely N-dealkylation sites (N-methyl/N-ethyl adjacent to an activating group) is 1. The normalized spacial score (nSPS) is 24.1. The molecule has 2 aliphatic heterocycles. The zero-order valence-corrected chi connectivity index (χ0v) is 19.2. The van der Waals surface area contributed by atoms with Gasteiger partial charge >= 0.3 is 6.03 Å². The molecular weight excluding hydrogens is 432 g/mol. The van der Waals surface area contributed by atoms with Gasteiger partial charge in [0.25, 0.3) is 11.9 Å². The van der Waals surface area contributed by atoms with Crippen LogP contribution in [0, 0.1) is 5.92 Å². The van der Waals surface area contributed by atoms with Crippen LogP contribution in [0.5, 0.6) is 0 Å². The van der Waals surface area contributed by atoms with Crippen molar-refractivity contribution in [2.75, 3.05) is 26.8 Å². The Balaban J connectivity index is 1.58. The lowest BCUT2D eigenvalue weighted by Crippen LogP contribution is -2.65. The molecule has 3 aliphatic rings. The van der Waals surface area contributed by atoms with Gasteiger partial charge in [-0.15, -0.1) is 0 Å². The van der Waals surface area contributed by atoms with Crippen molar-refractivity contribution in [3.05, 3.63) is 34.9 Å². The molecule has 3 amide bonds. The topological polar surface area (TPSA) is 85.7 Å². The van der Waals surface area contributed by atoms with E-state index < -0.39 is 18.2 Å². The summed E-state index contributed by atoms with van der Waals surface area (Å²) in [4.78, 5) is 35.5. The third-order valence-electron chi connectivity index (χ3n) is 6.53. The smallest absolute Gasteiger partial charge is 0.328 e. The van der Waals surface area contributed by atoms with Crippen LogP contribution in [-0.2, 0) is 16.1 Å². The van der Waals surface area contributed by atoms with Crippen LogP contribution in [0.4, 0.5) is 4.79 Å². The molecule has 8 nitrogen and oxygen atoms in total. The minimum Gasteiger partial charge on any atom is -0.465 e. The van der Waals surface area contributed by atoms with E-state index in [1.807, 2.05) is 29.2 Å². The van der Waals surface area contributed by atoms with Crippen molar-refractivity contribution in [1.29, 1.82) is 0 Å². The maximum atomic E-state index is 13.4. The summed E-state index contributed by atoms with van der Waals surface area (Å²) >= 11 is 6.04. The van der Waals surface area contributed by atoms with Crippen molar-refractivity contribution in [1.82, 2.24) is 14.7 Å². The SMILES string of the molecule is CN1C(=O)N(CCCO)C(=O)C2C1N=C(OCC1CCCCC1)N2Cc1ccc(Cl)cc1. The van der Waals surface area contributed by atoms with Gasteiger partial charge in [-0.2, -0.15) is 0 Å². The number of nitrogens with zero attached hydrogens (tertiary/aromatic N) is 4. The summed E-state index contributed by atoms with van der Waals surface area (Å²) in [6.07, 6.45) is 5.70. The molecule has 0 bridgehead atoms. The van der Waals surface area contributed by atoms with E-state index in [-0.39, 0.29) is 19.1 Å². The largest absolute Gasteiger partial charge is 0.465 e. The number of fused-ring (bicyclic) bond motifs is 1. The Hall–Kier alpha value is -2.32. The van der Waals surface area contributed by atoms with Crippen LogP contribution in [-0.4, -0.2) is 76.8 Å². The van der Waals surface area contributed by atoms with E-state index in [2.05, 4.69) is 4.99 Å². The first-order valence-electron chi connectivity index (χ1n) is 11.4. The van der Waals surface area contributed by atoms with Gasteiger partial charge in [-0.1, -0.05) is 43.0 Å². The number of ether oxygens (including phenoxy) is 1. The summed E-state index contributed by atoms with van der Waals surface area (Å²) < 4.78 is 6.19. The maximum Gasteiger partial charge on any atom is 0.328 e. The Bertz CT molecular complexity index is 856. The fraction of sp³-hybridized carbons (Fsp3) is 0.609. The molecule has 1 aromatic carbocycles. The van der Waals surface area contributed by atoms with Crippen molar-refractivity contribution in [2.45, 2.75) is 57.3 Å². The van der Waals surface area contributed by atoms with Gasteiger partial charge in [0, 0.05) is 31.8 Å². The van der Waals surface area contributed by atoms with Crippen molar-refractivity contribution in [2.24, 2.45) is 10.9 Å². The molecular formula is C23H31ClN4O4. The highest BCUT2D eigenvalue weighted by Crippen LogP contribution is 2.31. The number of carbonyl (C=O) groups is 2. The van der Waals surface area contributed by atoms with E-state index in [0.717, 1.165) is 18.4 Å².